The average Bonchev–Trinajstić information content (AvgIpc) is 2.67. The minimum absolute atomic E-state index is 0.317. The summed E-state index contributed by atoms with van der Waals surface area (Å²) in [5, 5.41) is 13.7. The molecular formula is C23H28N4O2S. The average molecular weight is 425 g/mol. The number of piperidine rings is 1. The van der Waals surface area contributed by atoms with Gasteiger partial charge in [-0.1, -0.05) is 31.7 Å². The predicted octanol–water partition coefficient (Wildman–Crippen LogP) is 4.64. The number of nitrogens with zero attached hydrogens (tertiary/aromatic N) is 3. The van der Waals surface area contributed by atoms with Crippen molar-refractivity contribution in [2.45, 2.75) is 49.6 Å². The summed E-state index contributed by atoms with van der Waals surface area (Å²) in [4.78, 5) is 23.9. The second-order valence-electron chi connectivity index (χ2n) is 9.82. The van der Waals surface area contributed by atoms with Crippen molar-refractivity contribution in [1.29, 1.82) is 0 Å². The Bertz CT molecular complexity index is 961. The highest BCUT2D eigenvalue weighted by atomic mass is 32.2. The number of likely N-dealkylation sites (tertiary alicyclic amines) is 1. The summed E-state index contributed by atoms with van der Waals surface area (Å²) in [7, 11) is 0. The number of rotatable bonds is 4. The van der Waals surface area contributed by atoms with Gasteiger partial charge in [-0.15, -0.1) is 0 Å². The van der Waals surface area contributed by atoms with Crippen LogP contribution in [0, 0.1) is 23.2 Å². The highest BCUT2D eigenvalue weighted by Crippen LogP contribution is 2.50. The zero-order valence-electron chi connectivity index (χ0n) is 17.5. The van der Waals surface area contributed by atoms with E-state index in [2.05, 4.69) is 52.2 Å². The van der Waals surface area contributed by atoms with Crippen LogP contribution in [0.1, 0.15) is 38.7 Å². The van der Waals surface area contributed by atoms with Crippen molar-refractivity contribution >= 4 is 29.2 Å². The van der Waals surface area contributed by atoms with Crippen LogP contribution in [-0.2, 0) is 11.3 Å². The molecule has 1 aliphatic carbocycles. The van der Waals surface area contributed by atoms with Crippen molar-refractivity contribution in [3.63, 3.8) is 0 Å². The van der Waals surface area contributed by atoms with Crippen molar-refractivity contribution in [2.24, 2.45) is 23.2 Å². The van der Waals surface area contributed by atoms with Crippen molar-refractivity contribution in [3.05, 3.63) is 36.2 Å². The molecular weight excluding hydrogens is 396 g/mol. The first kappa shape index (κ1) is 19.8. The molecule has 2 bridgehead atoms. The number of benzene rings is 1. The lowest BCUT2D eigenvalue weighted by molar-refractivity contribution is -0.142. The first-order valence-electron chi connectivity index (χ1n) is 10.7. The van der Waals surface area contributed by atoms with Gasteiger partial charge in [0.05, 0.1) is 5.69 Å². The van der Waals surface area contributed by atoms with Crippen LogP contribution in [0.2, 0.25) is 0 Å². The van der Waals surface area contributed by atoms with Gasteiger partial charge in [-0.05, 0) is 53.7 Å². The van der Waals surface area contributed by atoms with Crippen LogP contribution in [0.4, 0.5) is 11.5 Å². The van der Waals surface area contributed by atoms with Crippen LogP contribution in [0.5, 0.6) is 0 Å². The van der Waals surface area contributed by atoms with Crippen LogP contribution in [0.3, 0.4) is 0 Å². The molecule has 2 aliphatic heterocycles. The van der Waals surface area contributed by atoms with Gasteiger partial charge in [0, 0.05) is 43.3 Å². The van der Waals surface area contributed by atoms with Crippen molar-refractivity contribution in [1.82, 2.24) is 14.9 Å². The van der Waals surface area contributed by atoms with E-state index in [0.717, 1.165) is 49.0 Å². The molecule has 3 heterocycles. The fourth-order valence-corrected chi connectivity index (χ4v) is 6.71. The monoisotopic (exact) mass is 424 g/mol. The molecule has 1 aromatic carbocycles. The normalized spacial score (nSPS) is 26.9. The molecule has 0 radical (unpaired) electrons. The Labute approximate surface area is 181 Å². The molecule has 1 aromatic heterocycles. The number of carboxylic acid groups (broad SMARTS) is 1. The molecule has 158 valence electrons. The fourth-order valence-electron chi connectivity index (χ4n) is 5.83. The standard InChI is InChI=1S/C23H28N4O2S/c1-23(2)9-15-12-27(13-16(10-23)17(15)8-20(28)29)11-14-3-4-19-18(7-14)26-21-22(30-19)25-6-5-24-21/h3-7,15-17H,8-13H2,1-2H3,(H,24,26)(H,28,29). The first-order valence-corrected chi connectivity index (χ1v) is 11.5. The summed E-state index contributed by atoms with van der Waals surface area (Å²) in [6, 6.07) is 6.60. The molecule has 3 aliphatic rings. The molecule has 2 atom stereocenters. The Morgan fingerprint density at radius 1 is 1.23 bits per heavy atom. The minimum atomic E-state index is -0.648. The van der Waals surface area contributed by atoms with Gasteiger partial charge in [-0.3, -0.25) is 9.69 Å². The predicted molar refractivity (Wildman–Crippen MR) is 117 cm³/mol. The summed E-state index contributed by atoms with van der Waals surface area (Å²) in [6.45, 7) is 7.57. The van der Waals surface area contributed by atoms with E-state index in [-0.39, 0.29) is 0 Å². The third kappa shape index (κ3) is 3.93. The number of aliphatic carboxylic acids is 1. The molecule has 1 saturated carbocycles. The molecule has 30 heavy (non-hydrogen) atoms. The van der Waals surface area contributed by atoms with E-state index in [4.69, 9.17) is 0 Å². The van der Waals surface area contributed by atoms with Gasteiger partial charge < -0.3 is 10.4 Å². The summed E-state index contributed by atoms with van der Waals surface area (Å²) in [5.41, 5.74) is 2.69. The Morgan fingerprint density at radius 2 is 1.97 bits per heavy atom. The fraction of sp³-hybridized carbons (Fsp3) is 0.522. The molecule has 2 fully saturated rings. The number of fused-ring (bicyclic) bond motifs is 4. The third-order valence-electron chi connectivity index (χ3n) is 6.81. The van der Waals surface area contributed by atoms with E-state index >= 15 is 0 Å². The van der Waals surface area contributed by atoms with Gasteiger partial charge in [0.15, 0.2) is 5.82 Å². The maximum Gasteiger partial charge on any atom is 0.303 e. The second-order valence-corrected chi connectivity index (χ2v) is 10.8. The highest BCUT2D eigenvalue weighted by Gasteiger charge is 2.46. The van der Waals surface area contributed by atoms with E-state index in [9.17, 15) is 9.90 Å². The number of carbonyl (C=O) groups is 1. The van der Waals surface area contributed by atoms with Crippen LogP contribution in [0.15, 0.2) is 40.5 Å². The molecule has 5 rings (SSSR count). The van der Waals surface area contributed by atoms with Crippen molar-refractivity contribution in [3.8, 4) is 0 Å². The molecule has 2 N–H and O–H groups in total. The number of anilines is 2. The lowest BCUT2D eigenvalue weighted by atomic mass is 9.59. The highest BCUT2D eigenvalue weighted by molar-refractivity contribution is 7.99. The third-order valence-corrected chi connectivity index (χ3v) is 7.88. The molecule has 2 aromatic rings. The van der Waals surface area contributed by atoms with Gasteiger partial charge >= 0.3 is 5.97 Å². The van der Waals surface area contributed by atoms with Crippen molar-refractivity contribution < 1.29 is 9.90 Å². The lowest BCUT2D eigenvalue weighted by Crippen LogP contribution is -2.52. The zero-order valence-corrected chi connectivity index (χ0v) is 18.3. The molecule has 0 amide bonds. The van der Waals surface area contributed by atoms with Crippen LogP contribution in [-0.4, -0.2) is 39.0 Å². The van der Waals surface area contributed by atoms with Gasteiger partial charge in [0.1, 0.15) is 5.03 Å². The summed E-state index contributed by atoms with van der Waals surface area (Å²) >= 11 is 1.65. The second kappa shape index (κ2) is 7.54. The molecule has 6 nitrogen and oxygen atoms in total. The topological polar surface area (TPSA) is 78.3 Å². The Hall–Kier alpha value is -2.12. The molecule has 7 heteroatoms. The maximum atomic E-state index is 11.4. The molecule has 1 saturated heterocycles. The van der Waals surface area contributed by atoms with E-state index in [1.165, 1.54) is 10.5 Å². The number of carboxylic acids is 1. The Kier molecular flexibility index (Phi) is 4.98. The summed E-state index contributed by atoms with van der Waals surface area (Å²) in [5.74, 6) is 1.43. The van der Waals surface area contributed by atoms with E-state index in [0.29, 0.717) is 29.6 Å². The van der Waals surface area contributed by atoms with Crippen LogP contribution >= 0.6 is 11.8 Å². The molecule has 0 spiro atoms. The van der Waals surface area contributed by atoms with Gasteiger partial charge in [-0.2, -0.15) is 0 Å². The van der Waals surface area contributed by atoms with Crippen molar-refractivity contribution in [2.75, 3.05) is 18.4 Å². The smallest absolute Gasteiger partial charge is 0.303 e. The SMILES string of the molecule is CC1(C)CC2CN(Cc3ccc4c(c3)Nc3nccnc3S4)CC(C1)C2CC(=O)O. The maximum absolute atomic E-state index is 11.4. The number of aromatic nitrogens is 2. The van der Waals surface area contributed by atoms with E-state index in [1.54, 1.807) is 24.2 Å². The van der Waals surface area contributed by atoms with Gasteiger partial charge in [0.2, 0.25) is 0 Å². The van der Waals surface area contributed by atoms with Crippen LogP contribution < -0.4 is 5.32 Å². The number of nitrogens with one attached hydrogen (secondary N) is 1. The first-order chi connectivity index (χ1) is 14.4. The number of hydrogen-bond acceptors (Lipinski definition) is 6. The Balaban J connectivity index is 1.31. The van der Waals surface area contributed by atoms with E-state index < -0.39 is 5.97 Å². The quantitative estimate of drug-likeness (QED) is 0.631. The largest absolute Gasteiger partial charge is 0.481 e. The number of hydrogen-bond donors (Lipinski definition) is 2. The minimum Gasteiger partial charge on any atom is -0.481 e. The van der Waals surface area contributed by atoms with E-state index in [1.807, 2.05) is 0 Å². The van der Waals surface area contributed by atoms with Gasteiger partial charge in [-0.25, -0.2) is 9.97 Å². The molecule has 2 unspecified atom stereocenters. The summed E-state index contributed by atoms with van der Waals surface area (Å²) in [6.07, 6.45) is 5.99. The van der Waals surface area contributed by atoms with Gasteiger partial charge in [0.25, 0.3) is 0 Å². The van der Waals surface area contributed by atoms with Crippen LogP contribution in [0.25, 0.3) is 0 Å². The zero-order chi connectivity index (χ0) is 20.9. The lowest BCUT2D eigenvalue weighted by Gasteiger charge is -2.52. The Morgan fingerprint density at radius 3 is 2.70 bits per heavy atom. The summed E-state index contributed by atoms with van der Waals surface area (Å²) < 4.78 is 0.